The van der Waals surface area contributed by atoms with Crippen molar-refractivity contribution in [3.8, 4) is 5.75 Å². The van der Waals surface area contributed by atoms with E-state index in [4.69, 9.17) is 9.72 Å². The highest BCUT2D eigenvalue weighted by Gasteiger charge is 2.27. The molecule has 0 bridgehead atoms. The Morgan fingerprint density at radius 2 is 2.00 bits per heavy atom. The summed E-state index contributed by atoms with van der Waals surface area (Å²) < 4.78 is 6.76. The molecule has 1 aromatic carbocycles. The summed E-state index contributed by atoms with van der Waals surface area (Å²) in [5.41, 5.74) is 1.000. The summed E-state index contributed by atoms with van der Waals surface area (Å²) in [6.07, 6.45) is 3.01. The maximum Gasteiger partial charge on any atom is 0.224 e. The van der Waals surface area contributed by atoms with Crippen molar-refractivity contribution in [2.45, 2.75) is 33.1 Å². The topological polar surface area (TPSA) is 60.9 Å². The summed E-state index contributed by atoms with van der Waals surface area (Å²) in [4.78, 5) is 24.9. The predicted octanol–water partition coefficient (Wildman–Crippen LogP) is 3.06. The molecule has 0 spiro atoms. The number of piperazine rings is 1. The van der Waals surface area contributed by atoms with E-state index in [9.17, 15) is 4.79 Å². The number of thiazole rings is 1. The van der Waals surface area contributed by atoms with Crippen molar-refractivity contribution < 1.29 is 9.53 Å². The number of nitrogens with one attached hydrogen (secondary N) is 1. The molecule has 8 heteroatoms. The van der Waals surface area contributed by atoms with Gasteiger partial charge in [0, 0.05) is 45.8 Å². The lowest BCUT2D eigenvalue weighted by atomic mass is 9.97. The van der Waals surface area contributed by atoms with Crippen LogP contribution in [0.3, 0.4) is 0 Å². The molecule has 2 saturated heterocycles. The standard InChI is InChI=1S/C24H37N5O2S/c1-3-27-13-15-28(16-14-27)11-6-10-25-23(30)19-7-5-12-29(18-19)24-26-21-9-8-20(31-4-2)17-22(21)32-24/h8-9,17,19H,3-7,10-16,18H2,1-2H3,(H,25,30)/t19-/m1/s1. The molecule has 1 N–H and O–H groups in total. The van der Waals surface area contributed by atoms with Crippen LogP contribution in [0.25, 0.3) is 10.2 Å². The zero-order valence-corrected chi connectivity index (χ0v) is 20.3. The minimum absolute atomic E-state index is 0.0443. The van der Waals surface area contributed by atoms with Gasteiger partial charge < -0.3 is 24.8 Å². The Bertz CT molecular complexity index is 880. The maximum atomic E-state index is 12.8. The highest BCUT2D eigenvalue weighted by Crippen LogP contribution is 2.33. The van der Waals surface area contributed by atoms with Crippen molar-refractivity contribution >= 4 is 32.6 Å². The fourth-order valence-electron chi connectivity index (χ4n) is 4.64. The number of rotatable bonds is 9. The van der Waals surface area contributed by atoms with E-state index >= 15 is 0 Å². The molecule has 2 aliphatic rings. The summed E-state index contributed by atoms with van der Waals surface area (Å²) >= 11 is 1.69. The van der Waals surface area contributed by atoms with Crippen LogP contribution in [0.5, 0.6) is 5.75 Å². The second kappa shape index (κ2) is 11.3. The molecule has 4 rings (SSSR count). The third-order valence-electron chi connectivity index (χ3n) is 6.58. The Labute approximate surface area is 195 Å². The predicted molar refractivity (Wildman–Crippen MR) is 132 cm³/mol. The number of hydrogen-bond acceptors (Lipinski definition) is 7. The quantitative estimate of drug-likeness (QED) is 0.582. The van der Waals surface area contributed by atoms with Crippen LogP contribution in [-0.2, 0) is 4.79 Å². The van der Waals surface area contributed by atoms with E-state index < -0.39 is 0 Å². The smallest absolute Gasteiger partial charge is 0.224 e. The Morgan fingerprint density at radius 1 is 1.19 bits per heavy atom. The van der Waals surface area contributed by atoms with Gasteiger partial charge in [0.15, 0.2) is 5.13 Å². The van der Waals surface area contributed by atoms with Gasteiger partial charge in [-0.25, -0.2) is 4.98 Å². The lowest BCUT2D eigenvalue weighted by molar-refractivity contribution is -0.125. The van der Waals surface area contributed by atoms with Crippen molar-refractivity contribution in [3.05, 3.63) is 18.2 Å². The van der Waals surface area contributed by atoms with E-state index in [2.05, 4.69) is 33.0 Å². The van der Waals surface area contributed by atoms with Crippen LogP contribution in [-0.4, -0.2) is 86.2 Å². The average Bonchev–Trinajstić information content (AvgIpc) is 3.26. The average molecular weight is 460 g/mol. The first-order chi connectivity index (χ1) is 15.7. The zero-order valence-electron chi connectivity index (χ0n) is 19.5. The van der Waals surface area contributed by atoms with E-state index in [1.165, 1.54) is 13.1 Å². The van der Waals surface area contributed by atoms with Crippen LogP contribution in [0.4, 0.5) is 5.13 Å². The van der Waals surface area contributed by atoms with Gasteiger partial charge in [-0.1, -0.05) is 18.3 Å². The van der Waals surface area contributed by atoms with Gasteiger partial charge in [-0.15, -0.1) is 0 Å². The van der Waals surface area contributed by atoms with E-state index in [0.29, 0.717) is 6.61 Å². The van der Waals surface area contributed by atoms with Gasteiger partial charge in [-0.05, 0) is 57.5 Å². The number of benzene rings is 1. The number of piperidine rings is 1. The van der Waals surface area contributed by atoms with Gasteiger partial charge in [0.05, 0.1) is 22.7 Å². The summed E-state index contributed by atoms with van der Waals surface area (Å²) in [7, 11) is 0. The summed E-state index contributed by atoms with van der Waals surface area (Å²) in [5, 5.41) is 4.21. The van der Waals surface area contributed by atoms with Gasteiger partial charge in [0.25, 0.3) is 0 Å². The first-order valence-electron chi connectivity index (χ1n) is 12.2. The zero-order chi connectivity index (χ0) is 22.3. The van der Waals surface area contributed by atoms with Gasteiger partial charge in [0.1, 0.15) is 5.75 Å². The number of ether oxygens (including phenoxy) is 1. The van der Waals surface area contributed by atoms with E-state index in [1.807, 2.05) is 19.1 Å². The van der Waals surface area contributed by atoms with Crippen molar-refractivity contribution in [1.82, 2.24) is 20.1 Å². The number of aromatic nitrogens is 1. The molecule has 0 radical (unpaired) electrons. The van der Waals surface area contributed by atoms with Crippen LogP contribution >= 0.6 is 11.3 Å². The van der Waals surface area contributed by atoms with Gasteiger partial charge >= 0.3 is 0 Å². The Balaban J connectivity index is 1.23. The first kappa shape index (κ1) is 23.3. The molecule has 7 nitrogen and oxygen atoms in total. The summed E-state index contributed by atoms with van der Waals surface area (Å²) in [5.74, 6) is 1.13. The number of nitrogens with zero attached hydrogens (tertiary/aromatic N) is 4. The van der Waals surface area contributed by atoms with Crippen molar-refractivity contribution in [2.75, 3.05) is 70.4 Å². The molecule has 0 saturated carbocycles. The van der Waals surface area contributed by atoms with Crippen LogP contribution in [0.1, 0.15) is 33.1 Å². The molecule has 1 aromatic heterocycles. The fourth-order valence-corrected chi connectivity index (χ4v) is 5.67. The molecule has 3 heterocycles. The van der Waals surface area contributed by atoms with Crippen molar-refractivity contribution in [2.24, 2.45) is 5.92 Å². The molecular weight excluding hydrogens is 422 g/mol. The summed E-state index contributed by atoms with van der Waals surface area (Å²) in [6, 6.07) is 6.07. The normalized spacial score (nSPS) is 20.6. The maximum absolute atomic E-state index is 12.8. The second-order valence-electron chi connectivity index (χ2n) is 8.76. The number of anilines is 1. The number of fused-ring (bicyclic) bond motifs is 1. The molecule has 1 atom stereocenters. The van der Waals surface area contributed by atoms with Gasteiger partial charge in [-0.3, -0.25) is 4.79 Å². The van der Waals surface area contributed by atoms with Crippen molar-refractivity contribution in [3.63, 3.8) is 0 Å². The number of hydrogen-bond donors (Lipinski definition) is 1. The third-order valence-corrected chi connectivity index (χ3v) is 7.66. The van der Waals surface area contributed by atoms with Gasteiger partial charge in [-0.2, -0.15) is 0 Å². The second-order valence-corrected chi connectivity index (χ2v) is 9.77. The molecule has 176 valence electrons. The number of carbonyl (C=O) groups excluding carboxylic acids is 1. The molecule has 2 fully saturated rings. The Hall–Kier alpha value is -1.90. The van der Waals surface area contributed by atoms with E-state index in [0.717, 1.165) is 86.2 Å². The van der Waals surface area contributed by atoms with Crippen LogP contribution in [0.15, 0.2) is 18.2 Å². The molecule has 0 unspecified atom stereocenters. The highest BCUT2D eigenvalue weighted by atomic mass is 32.1. The van der Waals surface area contributed by atoms with Gasteiger partial charge in [0.2, 0.25) is 5.91 Å². The number of carbonyl (C=O) groups is 1. The molecule has 0 aliphatic carbocycles. The number of amides is 1. The monoisotopic (exact) mass is 459 g/mol. The lowest BCUT2D eigenvalue weighted by Gasteiger charge is -2.34. The minimum atomic E-state index is 0.0443. The first-order valence-corrected chi connectivity index (χ1v) is 13.0. The van der Waals surface area contributed by atoms with Crippen LogP contribution < -0.4 is 15.0 Å². The van der Waals surface area contributed by atoms with Crippen LogP contribution in [0, 0.1) is 5.92 Å². The van der Waals surface area contributed by atoms with Crippen LogP contribution in [0.2, 0.25) is 0 Å². The largest absolute Gasteiger partial charge is 0.494 e. The molecule has 32 heavy (non-hydrogen) atoms. The SMILES string of the molecule is CCOc1ccc2nc(N3CCC[C@@H](C(=O)NCCCN4CCN(CC)CC4)C3)sc2c1. The number of likely N-dealkylation sites (N-methyl/N-ethyl adjacent to an activating group) is 1. The Kier molecular flexibility index (Phi) is 8.21. The molecular formula is C24H37N5O2S. The van der Waals surface area contributed by atoms with E-state index in [-0.39, 0.29) is 11.8 Å². The minimum Gasteiger partial charge on any atom is -0.494 e. The molecule has 2 aliphatic heterocycles. The Morgan fingerprint density at radius 3 is 2.78 bits per heavy atom. The lowest BCUT2D eigenvalue weighted by Crippen LogP contribution is -2.47. The molecule has 2 aromatic rings. The molecule has 1 amide bonds. The van der Waals surface area contributed by atoms with Crippen molar-refractivity contribution in [1.29, 1.82) is 0 Å². The highest BCUT2D eigenvalue weighted by molar-refractivity contribution is 7.22. The van der Waals surface area contributed by atoms with E-state index in [1.54, 1.807) is 11.3 Å². The summed E-state index contributed by atoms with van der Waals surface area (Å²) in [6.45, 7) is 14.2. The third kappa shape index (κ3) is 5.91. The fraction of sp³-hybridized carbons (Fsp3) is 0.667.